The van der Waals surface area contributed by atoms with Crippen molar-refractivity contribution in [2.45, 2.75) is 37.4 Å². The summed E-state index contributed by atoms with van der Waals surface area (Å²) in [6.07, 6.45) is 0.186. The van der Waals surface area contributed by atoms with Crippen LogP contribution in [0.5, 0.6) is 0 Å². The highest BCUT2D eigenvalue weighted by atomic mass is 16.4. The van der Waals surface area contributed by atoms with Gasteiger partial charge in [-0.05, 0) is 12.8 Å². The van der Waals surface area contributed by atoms with Crippen LogP contribution in [0.3, 0.4) is 0 Å². The van der Waals surface area contributed by atoms with E-state index in [0.29, 0.717) is 6.42 Å². The molecule has 0 saturated carbocycles. The van der Waals surface area contributed by atoms with Gasteiger partial charge in [0.1, 0.15) is 18.6 Å². The van der Waals surface area contributed by atoms with E-state index in [1.807, 2.05) is 5.32 Å². The molecule has 0 aliphatic carbocycles. The van der Waals surface area contributed by atoms with E-state index in [1.54, 1.807) is 0 Å². The van der Waals surface area contributed by atoms with Gasteiger partial charge in [-0.3, -0.25) is 24.0 Å². The molecule has 12 heteroatoms. The van der Waals surface area contributed by atoms with E-state index in [1.165, 1.54) is 0 Å². The molecule has 1 heterocycles. The number of aliphatic hydroxyl groups is 1. The molecule has 0 aromatic carbocycles. The summed E-state index contributed by atoms with van der Waals surface area (Å²) in [6, 6.07) is -3.64. The van der Waals surface area contributed by atoms with Gasteiger partial charge >= 0.3 is 11.9 Å². The number of aliphatic hydroxyl groups excluding tert-OH is 1. The van der Waals surface area contributed by atoms with Crippen LogP contribution in [0.25, 0.3) is 0 Å². The number of rotatable bonds is 9. The molecule has 3 atom stereocenters. The van der Waals surface area contributed by atoms with Gasteiger partial charge in [-0.25, -0.2) is 0 Å². The first-order chi connectivity index (χ1) is 12.2. The van der Waals surface area contributed by atoms with Gasteiger partial charge in [-0.1, -0.05) is 0 Å². The summed E-state index contributed by atoms with van der Waals surface area (Å²) >= 11 is 0. The molecule has 1 rings (SSSR count). The largest absolute Gasteiger partial charge is 0.481 e. The number of carbonyl (C=O) groups excluding carboxylic acids is 3. The van der Waals surface area contributed by atoms with E-state index in [9.17, 15) is 29.1 Å². The molecule has 12 nitrogen and oxygen atoms in total. The molecule has 1 fully saturated rings. The zero-order valence-corrected chi connectivity index (χ0v) is 13.9. The summed E-state index contributed by atoms with van der Waals surface area (Å²) < 4.78 is 0. The second kappa shape index (κ2) is 9.68. The predicted molar refractivity (Wildman–Crippen MR) is 84.6 cm³/mol. The fourth-order valence-corrected chi connectivity index (χ4v) is 2.54. The highest BCUT2D eigenvalue weighted by Crippen LogP contribution is 2.19. The highest BCUT2D eigenvalue weighted by molar-refractivity contribution is 5.94. The second-order valence-corrected chi connectivity index (χ2v) is 5.75. The Labute approximate surface area is 148 Å². The third-order valence-corrected chi connectivity index (χ3v) is 3.78. The van der Waals surface area contributed by atoms with Gasteiger partial charge in [-0.2, -0.15) is 0 Å². The van der Waals surface area contributed by atoms with Gasteiger partial charge in [0.25, 0.3) is 0 Å². The molecule has 0 aromatic heterocycles. The molecule has 1 aliphatic heterocycles. The molecule has 26 heavy (non-hydrogen) atoms. The van der Waals surface area contributed by atoms with Gasteiger partial charge < -0.3 is 36.6 Å². The Bertz CT molecular complexity index is 581. The van der Waals surface area contributed by atoms with Gasteiger partial charge in [0.05, 0.1) is 19.1 Å². The number of carboxylic acids is 2. The molecule has 1 aliphatic rings. The van der Waals surface area contributed by atoms with Gasteiger partial charge in [0.2, 0.25) is 17.7 Å². The number of likely N-dealkylation sites (tertiary alicyclic amines) is 1. The number of nitrogens with zero attached hydrogens (tertiary/aromatic N) is 1. The van der Waals surface area contributed by atoms with Crippen LogP contribution in [0.15, 0.2) is 0 Å². The minimum atomic E-state index is -1.38. The van der Waals surface area contributed by atoms with E-state index >= 15 is 0 Å². The van der Waals surface area contributed by atoms with Crippen LogP contribution in [-0.2, 0) is 24.0 Å². The molecular formula is C14H22N4O8. The molecule has 146 valence electrons. The minimum absolute atomic E-state index is 0.208. The van der Waals surface area contributed by atoms with Crippen molar-refractivity contribution in [3.05, 3.63) is 0 Å². The van der Waals surface area contributed by atoms with Crippen LogP contribution in [0, 0.1) is 0 Å². The summed E-state index contributed by atoms with van der Waals surface area (Å²) in [5.41, 5.74) is 5.54. The number of amides is 3. The summed E-state index contributed by atoms with van der Waals surface area (Å²) in [5.74, 6) is -4.84. The average molecular weight is 374 g/mol. The van der Waals surface area contributed by atoms with Crippen LogP contribution in [0.4, 0.5) is 0 Å². The topological polar surface area (TPSA) is 199 Å². The molecule has 0 aromatic rings. The van der Waals surface area contributed by atoms with E-state index in [-0.39, 0.29) is 13.0 Å². The maximum Gasteiger partial charge on any atom is 0.322 e. The van der Waals surface area contributed by atoms with E-state index in [2.05, 4.69) is 5.32 Å². The fraction of sp³-hybridized carbons (Fsp3) is 0.643. The molecule has 0 radical (unpaired) electrons. The minimum Gasteiger partial charge on any atom is -0.481 e. The molecule has 7 N–H and O–H groups in total. The van der Waals surface area contributed by atoms with Crippen LogP contribution in [0.1, 0.15) is 19.3 Å². The number of carboxylic acid groups (broad SMARTS) is 2. The standard InChI is InChI=1S/C14H22N4O8/c15-7(4-10(20)21)14(26)18-3-1-2-9(18)13(25)17-8(6-19)12(24)16-5-11(22)23/h7-9,19H,1-6,15H2,(H,16,24)(H,17,25)(H,20,21)(H,22,23). The van der Waals surface area contributed by atoms with E-state index in [0.717, 1.165) is 4.90 Å². The summed E-state index contributed by atoms with van der Waals surface area (Å²) in [4.78, 5) is 58.6. The van der Waals surface area contributed by atoms with Crippen molar-refractivity contribution in [1.82, 2.24) is 15.5 Å². The van der Waals surface area contributed by atoms with Crippen molar-refractivity contribution in [3.8, 4) is 0 Å². The lowest BCUT2D eigenvalue weighted by atomic mass is 10.1. The number of hydrogen-bond donors (Lipinski definition) is 6. The first kappa shape index (κ1) is 21.3. The Hall–Kier alpha value is -2.73. The van der Waals surface area contributed by atoms with Crippen molar-refractivity contribution >= 4 is 29.7 Å². The number of hydrogen-bond acceptors (Lipinski definition) is 7. The quantitative estimate of drug-likeness (QED) is 0.236. The van der Waals surface area contributed by atoms with Crippen LogP contribution in [0.2, 0.25) is 0 Å². The number of aliphatic carboxylic acids is 2. The van der Waals surface area contributed by atoms with Crippen molar-refractivity contribution in [2.75, 3.05) is 19.7 Å². The Morgan fingerprint density at radius 3 is 2.35 bits per heavy atom. The van der Waals surface area contributed by atoms with Crippen LogP contribution in [-0.4, -0.2) is 87.7 Å². The lowest BCUT2D eigenvalue weighted by Crippen LogP contribution is -2.56. The fourth-order valence-electron chi connectivity index (χ4n) is 2.54. The Morgan fingerprint density at radius 1 is 1.15 bits per heavy atom. The highest BCUT2D eigenvalue weighted by Gasteiger charge is 2.37. The Balaban J connectivity index is 2.71. The second-order valence-electron chi connectivity index (χ2n) is 5.75. The molecular weight excluding hydrogens is 352 g/mol. The molecule has 3 amide bonds. The predicted octanol–water partition coefficient (Wildman–Crippen LogP) is -3.54. The third kappa shape index (κ3) is 5.97. The number of carbonyl (C=O) groups is 5. The van der Waals surface area contributed by atoms with Gasteiger partial charge in [-0.15, -0.1) is 0 Å². The van der Waals surface area contributed by atoms with Gasteiger partial charge in [0, 0.05) is 6.54 Å². The maximum absolute atomic E-state index is 12.3. The van der Waals surface area contributed by atoms with E-state index in [4.69, 9.17) is 15.9 Å². The smallest absolute Gasteiger partial charge is 0.322 e. The van der Waals surface area contributed by atoms with E-state index < -0.39 is 67.4 Å². The first-order valence-electron chi connectivity index (χ1n) is 7.86. The molecule has 0 bridgehead atoms. The van der Waals surface area contributed by atoms with Gasteiger partial charge in [0.15, 0.2) is 0 Å². The van der Waals surface area contributed by atoms with Crippen molar-refractivity contribution in [3.63, 3.8) is 0 Å². The maximum atomic E-state index is 12.3. The Kier molecular flexibility index (Phi) is 7.93. The lowest BCUT2D eigenvalue weighted by Gasteiger charge is -2.27. The summed E-state index contributed by atoms with van der Waals surface area (Å²) in [7, 11) is 0. The molecule has 0 spiro atoms. The lowest BCUT2D eigenvalue weighted by molar-refractivity contribution is -0.144. The van der Waals surface area contributed by atoms with Crippen molar-refractivity contribution in [1.29, 1.82) is 0 Å². The van der Waals surface area contributed by atoms with Crippen molar-refractivity contribution in [2.24, 2.45) is 5.73 Å². The zero-order chi connectivity index (χ0) is 19.9. The number of nitrogens with one attached hydrogen (secondary N) is 2. The molecule has 1 saturated heterocycles. The Morgan fingerprint density at radius 2 is 1.81 bits per heavy atom. The zero-order valence-electron chi connectivity index (χ0n) is 13.9. The average Bonchev–Trinajstić information content (AvgIpc) is 3.05. The first-order valence-corrected chi connectivity index (χ1v) is 7.86. The number of nitrogens with two attached hydrogens (primary N) is 1. The summed E-state index contributed by atoms with van der Waals surface area (Å²) in [6.45, 7) is -1.24. The normalized spacial score (nSPS) is 18.7. The van der Waals surface area contributed by atoms with Crippen molar-refractivity contribution < 1.29 is 39.3 Å². The third-order valence-electron chi connectivity index (χ3n) is 3.78. The van der Waals surface area contributed by atoms with Crippen LogP contribution >= 0.6 is 0 Å². The molecule has 3 unspecified atom stereocenters. The SMILES string of the molecule is NC(CC(=O)O)C(=O)N1CCCC1C(=O)NC(CO)C(=O)NCC(=O)O. The summed E-state index contributed by atoms with van der Waals surface area (Å²) in [5, 5.41) is 30.7. The van der Waals surface area contributed by atoms with Crippen LogP contribution < -0.4 is 16.4 Å². The monoisotopic (exact) mass is 374 g/mol.